The summed E-state index contributed by atoms with van der Waals surface area (Å²) in [7, 11) is 0. The summed E-state index contributed by atoms with van der Waals surface area (Å²) in [5.74, 6) is 0.975. The van der Waals surface area contributed by atoms with E-state index in [0.29, 0.717) is 12.6 Å². The summed E-state index contributed by atoms with van der Waals surface area (Å²) >= 11 is 0. The van der Waals surface area contributed by atoms with Gasteiger partial charge in [0.15, 0.2) is 0 Å². The Bertz CT molecular complexity index is 258. The lowest BCUT2D eigenvalue weighted by Gasteiger charge is -2.36. The van der Waals surface area contributed by atoms with Gasteiger partial charge < -0.3 is 15.2 Å². The molecule has 0 amide bonds. The number of nitrogens with one attached hydrogen (secondary N) is 1. The summed E-state index contributed by atoms with van der Waals surface area (Å²) in [6, 6.07) is 0.572. The van der Waals surface area contributed by atoms with Crippen LogP contribution in [0, 0.1) is 11.3 Å². The van der Waals surface area contributed by atoms with Crippen molar-refractivity contribution in [2.45, 2.75) is 70.8 Å². The molecule has 1 heterocycles. The third-order valence-electron chi connectivity index (χ3n) is 5.45. The molecule has 0 radical (unpaired) electrons. The Balaban J connectivity index is 1.64. The van der Waals surface area contributed by atoms with Crippen molar-refractivity contribution in [3.8, 4) is 0 Å². The molecule has 2 aliphatic rings. The monoisotopic (exact) mass is 283 g/mol. The summed E-state index contributed by atoms with van der Waals surface area (Å²) in [6.45, 7) is 5.14. The number of ether oxygens (including phenoxy) is 1. The lowest BCUT2D eigenvalue weighted by atomic mass is 9.80. The first kappa shape index (κ1) is 16.3. The summed E-state index contributed by atoms with van der Waals surface area (Å²) < 4.78 is 5.42. The molecule has 1 saturated carbocycles. The van der Waals surface area contributed by atoms with Crippen LogP contribution in [0.2, 0.25) is 0 Å². The molecule has 118 valence electrons. The fourth-order valence-electron chi connectivity index (χ4n) is 3.65. The Morgan fingerprint density at radius 1 is 1.20 bits per heavy atom. The maximum atomic E-state index is 9.69. The van der Waals surface area contributed by atoms with Crippen LogP contribution in [0.4, 0.5) is 0 Å². The largest absolute Gasteiger partial charge is 0.396 e. The smallest absolute Gasteiger partial charge is 0.0501 e. The first-order valence-electron chi connectivity index (χ1n) is 8.66. The number of rotatable bonds is 7. The van der Waals surface area contributed by atoms with E-state index in [2.05, 4.69) is 12.2 Å². The van der Waals surface area contributed by atoms with Crippen LogP contribution in [0.25, 0.3) is 0 Å². The van der Waals surface area contributed by atoms with Crippen molar-refractivity contribution < 1.29 is 9.84 Å². The highest BCUT2D eigenvalue weighted by Gasteiger charge is 2.32. The predicted octanol–water partition coefficient (Wildman–Crippen LogP) is 3.11. The van der Waals surface area contributed by atoms with Crippen molar-refractivity contribution in [1.82, 2.24) is 5.32 Å². The molecule has 2 rings (SSSR count). The minimum absolute atomic E-state index is 0.0668. The summed E-state index contributed by atoms with van der Waals surface area (Å²) in [4.78, 5) is 0. The maximum Gasteiger partial charge on any atom is 0.0501 e. The third kappa shape index (κ3) is 5.01. The second-order valence-corrected chi connectivity index (χ2v) is 7.13. The van der Waals surface area contributed by atoms with E-state index in [1.807, 2.05) is 0 Å². The van der Waals surface area contributed by atoms with Crippen LogP contribution in [-0.2, 0) is 4.74 Å². The van der Waals surface area contributed by atoms with Gasteiger partial charge in [0.2, 0.25) is 0 Å². The molecule has 3 heteroatoms. The van der Waals surface area contributed by atoms with Gasteiger partial charge in [-0.15, -0.1) is 0 Å². The van der Waals surface area contributed by atoms with Crippen LogP contribution in [0.1, 0.15) is 64.7 Å². The molecule has 1 aliphatic heterocycles. The topological polar surface area (TPSA) is 41.5 Å². The van der Waals surface area contributed by atoms with Gasteiger partial charge in [-0.05, 0) is 38.5 Å². The molecule has 1 atom stereocenters. The highest BCUT2D eigenvalue weighted by molar-refractivity contribution is 4.84. The number of aliphatic hydroxyl groups is 1. The third-order valence-corrected chi connectivity index (χ3v) is 5.45. The Labute approximate surface area is 124 Å². The van der Waals surface area contributed by atoms with Gasteiger partial charge in [-0.1, -0.05) is 32.1 Å². The molecule has 0 aromatic rings. The van der Waals surface area contributed by atoms with E-state index in [9.17, 15) is 5.11 Å². The zero-order chi connectivity index (χ0) is 14.3. The van der Waals surface area contributed by atoms with Crippen LogP contribution < -0.4 is 5.32 Å². The maximum absolute atomic E-state index is 9.69. The highest BCUT2D eigenvalue weighted by atomic mass is 16.5. The number of hydrogen-bond donors (Lipinski definition) is 2. The van der Waals surface area contributed by atoms with Crippen molar-refractivity contribution in [2.75, 3.05) is 26.4 Å². The standard InChI is InChI=1S/C17H33NO2/c1-15(7-8-16-5-3-2-4-6-16)18-13-17(14-19)9-11-20-12-10-17/h15-16,18-19H,2-14H2,1H3. The van der Waals surface area contributed by atoms with Crippen molar-refractivity contribution >= 4 is 0 Å². The molecule has 3 nitrogen and oxygen atoms in total. The van der Waals surface area contributed by atoms with Gasteiger partial charge in [0.25, 0.3) is 0 Å². The van der Waals surface area contributed by atoms with Crippen LogP contribution >= 0.6 is 0 Å². The first-order valence-corrected chi connectivity index (χ1v) is 8.66. The lowest BCUT2D eigenvalue weighted by molar-refractivity contribution is -0.0164. The average Bonchev–Trinajstić information content (AvgIpc) is 2.53. The van der Waals surface area contributed by atoms with Crippen molar-refractivity contribution in [3.05, 3.63) is 0 Å². The number of aliphatic hydroxyl groups excluding tert-OH is 1. The molecular formula is C17H33NO2. The first-order chi connectivity index (χ1) is 9.74. The van der Waals surface area contributed by atoms with Crippen LogP contribution in [0.5, 0.6) is 0 Å². The molecular weight excluding hydrogens is 250 g/mol. The summed E-state index contributed by atoms with van der Waals surface area (Å²) in [6.07, 6.45) is 11.9. The van der Waals surface area contributed by atoms with Crippen LogP contribution in [0.15, 0.2) is 0 Å². The molecule has 0 aromatic carbocycles. The second kappa shape index (κ2) is 8.35. The van der Waals surface area contributed by atoms with Gasteiger partial charge in [-0.3, -0.25) is 0 Å². The normalized spacial score (nSPS) is 25.5. The van der Waals surface area contributed by atoms with Gasteiger partial charge in [-0.2, -0.15) is 0 Å². The fourth-order valence-corrected chi connectivity index (χ4v) is 3.65. The Hall–Kier alpha value is -0.120. The zero-order valence-electron chi connectivity index (χ0n) is 13.2. The average molecular weight is 283 g/mol. The van der Waals surface area contributed by atoms with Gasteiger partial charge >= 0.3 is 0 Å². The lowest BCUT2D eigenvalue weighted by Crippen LogP contribution is -2.44. The van der Waals surface area contributed by atoms with Crippen molar-refractivity contribution in [2.24, 2.45) is 11.3 Å². The van der Waals surface area contributed by atoms with Gasteiger partial charge in [0.1, 0.15) is 0 Å². The molecule has 2 fully saturated rings. The van der Waals surface area contributed by atoms with Crippen molar-refractivity contribution in [3.63, 3.8) is 0 Å². The molecule has 0 bridgehead atoms. The van der Waals surface area contributed by atoms with E-state index in [1.54, 1.807) is 0 Å². The second-order valence-electron chi connectivity index (χ2n) is 7.13. The molecule has 1 unspecified atom stereocenters. The van der Waals surface area contributed by atoms with Gasteiger partial charge in [0.05, 0.1) is 6.61 Å². The Morgan fingerprint density at radius 3 is 2.55 bits per heavy atom. The molecule has 2 N–H and O–H groups in total. The Kier molecular flexibility index (Phi) is 6.79. The molecule has 1 saturated heterocycles. The van der Waals surface area contributed by atoms with E-state index in [4.69, 9.17) is 4.74 Å². The van der Waals surface area contributed by atoms with Gasteiger partial charge in [0, 0.05) is 31.2 Å². The number of hydrogen-bond acceptors (Lipinski definition) is 3. The summed E-state index contributed by atoms with van der Waals surface area (Å²) in [5, 5.41) is 13.4. The quantitative estimate of drug-likeness (QED) is 0.754. The van der Waals surface area contributed by atoms with E-state index in [-0.39, 0.29) is 5.41 Å². The van der Waals surface area contributed by atoms with Crippen molar-refractivity contribution in [1.29, 1.82) is 0 Å². The van der Waals surface area contributed by atoms with E-state index >= 15 is 0 Å². The van der Waals surface area contributed by atoms with Crippen LogP contribution in [0.3, 0.4) is 0 Å². The van der Waals surface area contributed by atoms with E-state index in [0.717, 1.165) is 38.5 Å². The SMILES string of the molecule is CC(CCC1CCCCC1)NCC1(CO)CCOCC1. The minimum atomic E-state index is 0.0668. The minimum Gasteiger partial charge on any atom is -0.396 e. The highest BCUT2D eigenvalue weighted by Crippen LogP contribution is 2.30. The van der Waals surface area contributed by atoms with E-state index < -0.39 is 0 Å². The Morgan fingerprint density at radius 2 is 1.90 bits per heavy atom. The molecule has 0 aromatic heterocycles. The summed E-state index contributed by atoms with van der Waals surface area (Å²) in [5.41, 5.74) is 0.0668. The van der Waals surface area contributed by atoms with Crippen LogP contribution in [-0.4, -0.2) is 37.5 Å². The fraction of sp³-hybridized carbons (Fsp3) is 1.00. The molecule has 0 spiro atoms. The molecule has 1 aliphatic carbocycles. The van der Waals surface area contributed by atoms with Gasteiger partial charge in [-0.25, -0.2) is 0 Å². The van der Waals surface area contributed by atoms with E-state index in [1.165, 1.54) is 44.9 Å². The predicted molar refractivity (Wildman–Crippen MR) is 82.8 cm³/mol. The molecule has 20 heavy (non-hydrogen) atoms. The zero-order valence-corrected chi connectivity index (χ0v) is 13.2.